The maximum absolute atomic E-state index is 11.5. The molecule has 3 saturated carbocycles. The first-order valence-corrected chi connectivity index (χ1v) is 4.56. The zero-order valence-corrected chi connectivity index (χ0v) is 7.55. The Balaban J connectivity index is 2.26. The van der Waals surface area contributed by atoms with Gasteiger partial charge in [0.2, 0.25) is 0 Å². The monoisotopic (exact) mass is 152 g/mol. The lowest BCUT2D eigenvalue weighted by atomic mass is 9.45. The average Bonchev–Trinajstić information content (AvgIpc) is 1.84. The summed E-state index contributed by atoms with van der Waals surface area (Å²) in [5.41, 5.74) is 0.328. The standard InChI is InChI=1S/C10H16O/c1-6-4-9(11)8-5-7(6)10(8,2)3/h6-8H,4-5H2,1-3H3/t6-,7-,8+/m0/s1. The third-order valence-corrected chi connectivity index (χ3v) is 3.94. The summed E-state index contributed by atoms with van der Waals surface area (Å²) in [6.45, 7) is 6.72. The van der Waals surface area contributed by atoms with E-state index in [1.807, 2.05) is 0 Å². The molecule has 3 rings (SSSR count). The lowest BCUT2D eigenvalue weighted by Crippen LogP contribution is -2.56. The smallest absolute Gasteiger partial charge is 0.136 e. The Hall–Kier alpha value is -0.330. The highest BCUT2D eigenvalue weighted by Gasteiger charge is 2.56. The number of rotatable bonds is 0. The van der Waals surface area contributed by atoms with Gasteiger partial charge in [-0.15, -0.1) is 0 Å². The highest BCUT2D eigenvalue weighted by molar-refractivity contribution is 5.84. The summed E-state index contributed by atoms with van der Waals surface area (Å²) in [6.07, 6.45) is 2.02. The zero-order chi connectivity index (χ0) is 8.22. The van der Waals surface area contributed by atoms with E-state index < -0.39 is 0 Å². The van der Waals surface area contributed by atoms with Crippen LogP contribution in [0.3, 0.4) is 0 Å². The molecule has 0 aromatic carbocycles. The van der Waals surface area contributed by atoms with Gasteiger partial charge in [0.25, 0.3) is 0 Å². The van der Waals surface area contributed by atoms with E-state index in [0.717, 1.165) is 12.3 Å². The second-order valence-corrected chi connectivity index (χ2v) is 4.86. The van der Waals surface area contributed by atoms with Gasteiger partial charge < -0.3 is 0 Å². The van der Waals surface area contributed by atoms with E-state index in [2.05, 4.69) is 20.8 Å². The molecule has 0 saturated heterocycles. The lowest BCUT2D eigenvalue weighted by molar-refractivity contribution is -0.156. The molecule has 0 spiro atoms. The van der Waals surface area contributed by atoms with Gasteiger partial charge in [0, 0.05) is 12.3 Å². The minimum Gasteiger partial charge on any atom is -0.299 e. The van der Waals surface area contributed by atoms with Crippen molar-refractivity contribution in [2.75, 3.05) is 0 Å². The van der Waals surface area contributed by atoms with Crippen LogP contribution in [-0.2, 0) is 4.79 Å². The molecule has 0 aromatic heterocycles. The number of carbonyl (C=O) groups excluding carboxylic acids is 1. The van der Waals surface area contributed by atoms with Crippen LogP contribution >= 0.6 is 0 Å². The molecule has 11 heavy (non-hydrogen) atoms. The van der Waals surface area contributed by atoms with Crippen molar-refractivity contribution in [2.45, 2.75) is 33.6 Å². The van der Waals surface area contributed by atoms with Crippen LogP contribution in [0, 0.1) is 23.2 Å². The van der Waals surface area contributed by atoms with Crippen molar-refractivity contribution >= 4 is 5.78 Å². The van der Waals surface area contributed by atoms with Crippen molar-refractivity contribution in [1.82, 2.24) is 0 Å². The fourth-order valence-electron chi connectivity index (χ4n) is 3.07. The zero-order valence-electron chi connectivity index (χ0n) is 7.55. The van der Waals surface area contributed by atoms with Gasteiger partial charge in [0.05, 0.1) is 0 Å². The molecular formula is C10H16O. The van der Waals surface area contributed by atoms with Gasteiger partial charge in [0.15, 0.2) is 0 Å². The minimum atomic E-state index is 0.328. The van der Waals surface area contributed by atoms with Crippen LogP contribution in [-0.4, -0.2) is 5.78 Å². The number of fused-ring (bicyclic) bond motifs is 2. The number of ketones is 1. The normalized spacial score (nSPS) is 46.8. The molecule has 3 atom stereocenters. The van der Waals surface area contributed by atoms with Gasteiger partial charge >= 0.3 is 0 Å². The summed E-state index contributed by atoms with van der Waals surface area (Å²) in [6, 6.07) is 0. The Kier molecular flexibility index (Phi) is 1.25. The number of Topliss-reactive ketones (excluding diaryl/α,β-unsaturated/α-hetero) is 1. The van der Waals surface area contributed by atoms with Crippen molar-refractivity contribution in [1.29, 1.82) is 0 Å². The van der Waals surface area contributed by atoms with E-state index in [1.54, 1.807) is 0 Å². The third kappa shape index (κ3) is 0.743. The number of hydrogen-bond donors (Lipinski definition) is 0. The molecule has 0 unspecified atom stereocenters. The molecule has 2 bridgehead atoms. The van der Waals surface area contributed by atoms with Crippen LogP contribution in [0.15, 0.2) is 0 Å². The van der Waals surface area contributed by atoms with Crippen molar-refractivity contribution in [2.24, 2.45) is 23.2 Å². The Morgan fingerprint density at radius 3 is 2.45 bits per heavy atom. The second kappa shape index (κ2) is 1.88. The van der Waals surface area contributed by atoms with E-state index in [-0.39, 0.29) is 0 Å². The summed E-state index contributed by atoms with van der Waals surface area (Å²) < 4.78 is 0. The molecule has 3 fully saturated rings. The average molecular weight is 152 g/mol. The number of hydrogen-bond acceptors (Lipinski definition) is 1. The topological polar surface area (TPSA) is 17.1 Å². The van der Waals surface area contributed by atoms with Crippen molar-refractivity contribution in [3.8, 4) is 0 Å². The first kappa shape index (κ1) is 7.33. The SMILES string of the molecule is C[C@H]1CC(=O)[C@H]2C[C@@H]1C2(C)C. The van der Waals surface area contributed by atoms with Gasteiger partial charge in [0.1, 0.15) is 5.78 Å². The molecule has 0 heterocycles. The van der Waals surface area contributed by atoms with Crippen LogP contribution in [0.25, 0.3) is 0 Å². The molecule has 3 aliphatic carbocycles. The minimum absolute atomic E-state index is 0.328. The van der Waals surface area contributed by atoms with E-state index >= 15 is 0 Å². The van der Waals surface area contributed by atoms with Crippen LogP contribution in [0.5, 0.6) is 0 Å². The van der Waals surface area contributed by atoms with Crippen LogP contribution in [0.4, 0.5) is 0 Å². The summed E-state index contributed by atoms with van der Waals surface area (Å²) in [5.74, 6) is 2.39. The Morgan fingerprint density at radius 1 is 1.45 bits per heavy atom. The van der Waals surface area contributed by atoms with E-state index in [9.17, 15) is 4.79 Å². The molecule has 0 N–H and O–H groups in total. The van der Waals surface area contributed by atoms with E-state index in [1.165, 1.54) is 6.42 Å². The fraction of sp³-hybridized carbons (Fsp3) is 0.900. The predicted octanol–water partition coefficient (Wildman–Crippen LogP) is 2.26. The summed E-state index contributed by atoms with van der Waals surface area (Å²) in [4.78, 5) is 11.5. The summed E-state index contributed by atoms with van der Waals surface area (Å²) >= 11 is 0. The highest BCUT2D eigenvalue weighted by Crippen LogP contribution is 2.59. The first-order chi connectivity index (χ1) is 5.03. The van der Waals surface area contributed by atoms with E-state index in [4.69, 9.17) is 0 Å². The lowest BCUT2D eigenvalue weighted by Gasteiger charge is -2.58. The molecule has 0 radical (unpaired) electrons. The van der Waals surface area contributed by atoms with Crippen LogP contribution in [0.2, 0.25) is 0 Å². The molecule has 62 valence electrons. The highest BCUT2D eigenvalue weighted by atomic mass is 16.1. The predicted molar refractivity (Wildman–Crippen MR) is 44.2 cm³/mol. The Morgan fingerprint density at radius 2 is 2.09 bits per heavy atom. The van der Waals surface area contributed by atoms with Gasteiger partial charge in [-0.25, -0.2) is 0 Å². The van der Waals surface area contributed by atoms with Gasteiger partial charge in [-0.2, -0.15) is 0 Å². The second-order valence-electron chi connectivity index (χ2n) is 4.86. The van der Waals surface area contributed by atoms with Crippen molar-refractivity contribution in [3.05, 3.63) is 0 Å². The maximum atomic E-state index is 11.5. The Bertz CT molecular complexity index is 205. The van der Waals surface area contributed by atoms with Gasteiger partial charge in [-0.3, -0.25) is 4.79 Å². The summed E-state index contributed by atoms with van der Waals surface area (Å²) in [5, 5.41) is 0. The quantitative estimate of drug-likeness (QED) is 0.520. The van der Waals surface area contributed by atoms with Crippen molar-refractivity contribution < 1.29 is 4.79 Å². The largest absolute Gasteiger partial charge is 0.299 e. The number of carbonyl (C=O) groups is 1. The Labute approximate surface area is 68.2 Å². The molecule has 1 heteroatoms. The molecule has 0 amide bonds. The van der Waals surface area contributed by atoms with Crippen molar-refractivity contribution in [3.63, 3.8) is 0 Å². The molecule has 0 aliphatic heterocycles. The van der Waals surface area contributed by atoms with Gasteiger partial charge in [-0.05, 0) is 23.7 Å². The maximum Gasteiger partial charge on any atom is 0.136 e. The van der Waals surface area contributed by atoms with E-state index in [0.29, 0.717) is 23.0 Å². The summed E-state index contributed by atoms with van der Waals surface area (Å²) in [7, 11) is 0. The third-order valence-electron chi connectivity index (χ3n) is 3.94. The van der Waals surface area contributed by atoms with Gasteiger partial charge in [-0.1, -0.05) is 20.8 Å². The fourth-order valence-corrected chi connectivity index (χ4v) is 3.07. The molecule has 0 aromatic rings. The molecular weight excluding hydrogens is 136 g/mol. The van der Waals surface area contributed by atoms with Crippen LogP contribution < -0.4 is 0 Å². The molecule has 3 aliphatic rings. The first-order valence-electron chi connectivity index (χ1n) is 4.56. The van der Waals surface area contributed by atoms with Crippen LogP contribution in [0.1, 0.15) is 33.6 Å². The molecule has 1 nitrogen and oxygen atoms in total.